The van der Waals surface area contributed by atoms with Gasteiger partial charge in [-0.15, -0.1) is 6.42 Å². The molecule has 0 radical (unpaired) electrons. The van der Waals surface area contributed by atoms with Gasteiger partial charge in [0.1, 0.15) is 17.3 Å². The Morgan fingerprint density at radius 2 is 2.05 bits per heavy atom. The molecule has 2 aromatic rings. The minimum absolute atomic E-state index is 0.158. The lowest BCUT2D eigenvalue weighted by atomic mass is 10.1. The van der Waals surface area contributed by atoms with Gasteiger partial charge in [-0.3, -0.25) is 0 Å². The van der Waals surface area contributed by atoms with Crippen molar-refractivity contribution in [2.45, 2.75) is 26.5 Å². The van der Waals surface area contributed by atoms with Crippen molar-refractivity contribution in [1.82, 2.24) is 9.55 Å². The molecule has 0 amide bonds. The molecule has 0 aliphatic carbocycles. The van der Waals surface area contributed by atoms with Crippen molar-refractivity contribution in [3.63, 3.8) is 0 Å². The highest BCUT2D eigenvalue weighted by molar-refractivity contribution is 5.70. The van der Waals surface area contributed by atoms with E-state index in [1.165, 1.54) is 0 Å². The third-order valence-corrected chi connectivity index (χ3v) is 2.64. The molecular weight excluding hydrogens is 238 g/mol. The van der Waals surface area contributed by atoms with Gasteiger partial charge in [-0.2, -0.15) is 0 Å². The molecule has 0 saturated heterocycles. The number of aromatic nitrogens is 2. The normalized spacial score (nSPS) is 10.4. The van der Waals surface area contributed by atoms with E-state index >= 15 is 0 Å². The molecule has 2 N–H and O–H groups in total. The summed E-state index contributed by atoms with van der Waals surface area (Å²) in [5.41, 5.74) is 7.70. The van der Waals surface area contributed by atoms with Gasteiger partial charge in [-0.25, -0.2) is 4.98 Å². The number of hydrogen-bond donors (Lipinski definition) is 1. The predicted octanol–water partition coefficient (Wildman–Crippen LogP) is 2.55. The summed E-state index contributed by atoms with van der Waals surface area (Å²) >= 11 is 0. The van der Waals surface area contributed by atoms with E-state index in [2.05, 4.69) is 10.9 Å². The van der Waals surface area contributed by atoms with Crippen molar-refractivity contribution >= 4 is 5.82 Å². The van der Waals surface area contributed by atoms with Crippen LogP contribution in [0.25, 0.3) is 11.3 Å². The minimum atomic E-state index is 0.158. The van der Waals surface area contributed by atoms with E-state index in [9.17, 15) is 0 Å². The summed E-state index contributed by atoms with van der Waals surface area (Å²) < 4.78 is 7.34. The first-order chi connectivity index (χ1) is 9.11. The molecule has 1 aromatic heterocycles. The Labute approximate surface area is 113 Å². The van der Waals surface area contributed by atoms with Gasteiger partial charge in [0, 0.05) is 5.56 Å². The van der Waals surface area contributed by atoms with Crippen LogP contribution >= 0.6 is 0 Å². The lowest BCUT2D eigenvalue weighted by Gasteiger charge is -2.09. The summed E-state index contributed by atoms with van der Waals surface area (Å²) in [5.74, 6) is 3.96. The number of nitrogen functional groups attached to an aromatic ring is 1. The van der Waals surface area contributed by atoms with Crippen molar-refractivity contribution in [2.24, 2.45) is 0 Å². The Morgan fingerprint density at radius 1 is 1.37 bits per heavy atom. The minimum Gasteiger partial charge on any atom is -0.491 e. The number of terminal acetylenes is 1. The first kappa shape index (κ1) is 13.0. The van der Waals surface area contributed by atoms with Crippen LogP contribution in [0.5, 0.6) is 5.75 Å². The van der Waals surface area contributed by atoms with E-state index in [1.807, 2.05) is 38.1 Å². The van der Waals surface area contributed by atoms with Gasteiger partial charge >= 0.3 is 0 Å². The summed E-state index contributed by atoms with van der Waals surface area (Å²) in [6.45, 7) is 4.41. The maximum absolute atomic E-state index is 6.01. The molecule has 4 nitrogen and oxygen atoms in total. The number of imidazole rings is 1. The first-order valence-corrected chi connectivity index (χ1v) is 6.13. The van der Waals surface area contributed by atoms with Gasteiger partial charge in [0.05, 0.1) is 19.0 Å². The summed E-state index contributed by atoms with van der Waals surface area (Å²) in [6.07, 6.45) is 7.09. The van der Waals surface area contributed by atoms with Crippen LogP contribution in [0.1, 0.15) is 13.8 Å². The van der Waals surface area contributed by atoms with E-state index in [-0.39, 0.29) is 6.10 Å². The third kappa shape index (κ3) is 2.89. The van der Waals surface area contributed by atoms with E-state index in [0.717, 1.165) is 17.0 Å². The van der Waals surface area contributed by atoms with Gasteiger partial charge in [-0.05, 0) is 38.1 Å². The zero-order valence-corrected chi connectivity index (χ0v) is 11.1. The first-order valence-electron chi connectivity index (χ1n) is 6.13. The molecule has 19 heavy (non-hydrogen) atoms. The van der Waals surface area contributed by atoms with Gasteiger partial charge in [0.15, 0.2) is 0 Å². The summed E-state index contributed by atoms with van der Waals surface area (Å²) in [5, 5.41) is 0. The third-order valence-electron chi connectivity index (χ3n) is 2.64. The van der Waals surface area contributed by atoms with E-state index < -0.39 is 0 Å². The molecule has 0 unspecified atom stereocenters. The smallest absolute Gasteiger partial charge is 0.132 e. The Bertz CT molecular complexity index is 591. The van der Waals surface area contributed by atoms with Crippen LogP contribution in [0.15, 0.2) is 30.6 Å². The molecule has 0 saturated carbocycles. The van der Waals surface area contributed by atoms with E-state index in [4.69, 9.17) is 16.9 Å². The van der Waals surface area contributed by atoms with Crippen LogP contribution in [0, 0.1) is 12.3 Å². The maximum Gasteiger partial charge on any atom is 0.132 e. The fourth-order valence-corrected chi connectivity index (χ4v) is 1.80. The Morgan fingerprint density at radius 3 is 2.63 bits per heavy atom. The Balaban J connectivity index is 2.25. The van der Waals surface area contributed by atoms with Crippen LogP contribution < -0.4 is 10.5 Å². The fraction of sp³-hybridized carbons (Fsp3) is 0.267. The zero-order chi connectivity index (χ0) is 13.8. The number of rotatable bonds is 4. The van der Waals surface area contributed by atoms with Crippen LogP contribution in [0.3, 0.4) is 0 Å². The summed E-state index contributed by atoms with van der Waals surface area (Å²) in [7, 11) is 0. The second-order valence-corrected chi connectivity index (χ2v) is 4.50. The topological polar surface area (TPSA) is 53.1 Å². The number of ether oxygens (including phenoxy) is 1. The second kappa shape index (κ2) is 5.49. The van der Waals surface area contributed by atoms with E-state index in [0.29, 0.717) is 12.4 Å². The van der Waals surface area contributed by atoms with Crippen LogP contribution in [-0.4, -0.2) is 15.7 Å². The quantitative estimate of drug-likeness (QED) is 0.854. The Kier molecular flexibility index (Phi) is 3.76. The molecule has 0 bridgehead atoms. The molecular formula is C15H17N3O. The maximum atomic E-state index is 6.01. The highest BCUT2D eigenvalue weighted by atomic mass is 16.5. The monoisotopic (exact) mass is 255 g/mol. The molecule has 0 fully saturated rings. The van der Waals surface area contributed by atoms with Crippen LogP contribution in [0.2, 0.25) is 0 Å². The molecule has 1 heterocycles. The molecule has 2 rings (SSSR count). The van der Waals surface area contributed by atoms with Crippen molar-refractivity contribution in [3.8, 4) is 29.4 Å². The fourth-order valence-electron chi connectivity index (χ4n) is 1.80. The molecule has 1 aromatic carbocycles. The van der Waals surface area contributed by atoms with Gasteiger partial charge in [0.2, 0.25) is 0 Å². The average Bonchev–Trinajstić information content (AvgIpc) is 2.72. The molecule has 98 valence electrons. The van der Waals surface area contributed by atoms with E-state index in [1.54, 1.807) is 10.9 Å². The second-order valence-electron chi connectivity index (χ2n) is 4.50. The van der Waals surface area contributed by atoms with Crippen LogP contribution in [0.4, 0.5) is 5.82 Å². The van der Waals surface area contributed by atoms with Crippen LogP contribution in [-0.2, 0) is 6.54 Å². The van der Waals surface area contributed by atoms with Crippen molar-refractivity contribution in [2.75, 3.05) is 5.73 Å². The SMILES string of the molecule is C#CCn1cnc(-c2ccc(OC(C)C)cc2)c1N. The number of nitrogens with zero attached hydrogens (tertiary/aromatic N) is 2. The largest absolute Gasteiger partial charge is 0.491 e. The van der Waals surface area contributed by atoms with Gasteiger partial charge < -0.3 is 15.0 Å². The lowest BCUT2D eigenvalue weighted by molar-refractivity contribution is 0.242. The molecule has 0 aliphatic rings. The number of hydrogen-bond acceptors (Lipinski definition) is 3. The van der Waals surface area contributed by atoms with Crippen molar-refractivity contribution < 1.29 is 4.74 Å². The average molecular weight is 255 g/mol. The molecule has 0 atom stereocenters. The highest BCUT2D eigenvalue weighted by Crippen LogP contribution is 2.26. The van der Waals surface area contributed by atoms with Gasteiger partial charge in [-0.1, -0.05) is 5.92 Å². The Hall–Kier alpha value is -2.41. The highest BCUT2D eigenvalue weighted by Gasteiger charge is 2.09. The number of nitrogens with two attached hydrogens (primary N) is 1. The summed E-state index contributed by atoms with van der Waals surface area (Å²) in [4.78, 5) is 4.30. The van der Waals surface area contributed by atoms with Crippen molar-refractivity contribution in [3.05, 3.63) is 30.6 Å². The molecule has 0 spiro atoms. The van der Waals surface area contributed by atoms with Gasteiger partial charge in [0.25, 0.3) is 0 Å². The number of anilines is 1. The molecule has 4 heteroatoms. The summed E-state index contributed by atoms with van der Waals surface area (Å²) in [6, 6.07) is 7.71. The standard InChI is InChI=1S/C15H17N3O/c1-4-9-18-10-17-14(15(18)16)12-5-7-13(8-6-12)19-11(2)3/h1,5-8,10-11H,9,16H2,2-3H3. The number of benzene rings is 1. The zero-order valence-electron chi connectivity index (χ0n) is 11.1. The van der Waals surface area contributed by atoms with Crippen molar-refractivity contribution in [1.29, 1.82) is 0 Å². The molecule has 0 aliphatic heterocycles. The lowest BCUT2D eigenvalue weighted by Crippen LogP contribution is -2.05. The predicted molar refractivity (Wildman–Crippen MR) is 76.7 cm³/mol.